The highest BCUT2D eigenvalue weighted by atomic mass is 16.5. The Morgan fingerprint density at radius 2 is 1.79 bits per heavy atom. The molecule has 0 aliphatic carbocycles. The van der Waals surface area contributed by atoms with Crippen LogP contribution in [-0.2, 0) is 14.4 Å². The van der Waals surface area contributed by atoms with E-state index in [9.17, 15) is 14.4 Å². The van der Waals surface area contributed by atoms with Crippen molar-refractivity contribution in [3.63, 3.8) is 0 Å². The van der Waals surface area contributed by atoms with Crippen molar-refractivity contribution in [3.05, 3.63) is 48.5 Å². The van der Waals surface area contributed by atoms with Gasteiger partial charge >= 0.3 is 0 Å². The van der Waals surface area contributed by atoms with Gasteiger partial charge in [-0.1, -0.05) is 24.3 Å². The molecule has 0 radical (unpaired) electrons. The molecular weight excluding hydrogens is 358 g/mol. The third kappa shape index (κ3) is 3.31. The lowest BCUT2D eigenvalue weighted by atomic mass is 10.1. The van der Waals surface area contributed by atoms with E-state index in [4.69, 9.17) is 4.74 Å². The minimum atomic E-state index is -0.846. The van der Waals surface area contributed by atoms with E-state index >= 15 is 0 Å². The van der Waals surface area contributed by atoms with E-state index in [1.807, 2.05) is 18.2 Å². The van der Waals surface area contributed by atoms with Gasteiger partial charge in [0.1, 0.15) is 5.75 Å². The fraction of sp³-hybridized carbons (Fsp3) is 0.286. The van der Waals surface area contributed by atoms with Crippen LogP contribution < -0.4 is 19.9 Å². The molecule has 2 aromatic rings. The Morgan fingerprint density at radius 1 is 1.07 bits per heavy atom. The van der Waals surface area contributed by atoms with Gasteiger partial charge in [-0.25, -0.2) is 0 Å². The molecule has 1 saturated heterocycles. The monoisotopic (exact) mass is 379 g/mol. The van der Waals surface area contributed by atoms with Crippen LogP contribution in [0.4, 0.5) is 17.1 Å². The van der Waals surface area contributed by atoms with Crippen molar-refractivity contribution in [2.45, 2.75) is 25.9 Å². The minimum Gasteiger partial charge on any atom is -0.476 e. The second-order valence-corrected chi connectivity index (χ2v) is 6.86. The number of nitrogens with one attached hydrogen (secondary N) is 1. The summed E-state index contributed by atoms with van der Waals surface area (Å²) in [6.07, 6.45) is 0.469. The Labute approximate surface area is 162 Å². The molecule has 0 unspecified atom stereocenters. The fourth-order valence-electron chi connectivity index (χ4n) is 3.60. The van der Waals surface area contributed by atoms with E-state index in [1.165, 1.54) is 6.92 Å². The Hall–Kier alpha value is -3.35. The van der Waals surface area contributed by atoms with Gasteiger partial charge in [-0.05, 0) is 30.7 Å². The summed E-state index contributed by atoms with van der Waals surface area (Å²) in [4.78, 5) is 40.3. The lowest BCUT2D eigenvalue weighted by Crippen LogP contribution is -2.48. The molecule has 7 heteroatoms. The van der Waals surface area contributed by atoms with E-state index in [0.717, 1.165) is 6.42 Å². The Morgan fingerprint density at radius 3 is 2.50 bits per heavy atom. The zero-order valence-electron chi connectivity index (χ0n) is 15.6. The maximum atomic E-state index is 12.9. The number of carbonyl (C=O) groups excluding carboxylic acids is 3. The molecule has 4 rings (SSSR count). The predicted molar refractivity (Wildman–Crippen MR) is 106 cm³/mol. The normalized spacial score (nSPS) is 18.5. The summed E-state index contributed by atoms with van der Waals surface area (Å²) < 4.78 is 5.85. The molecule has 7 nitrogen and oxygen atoms in total. The van der Waals surface area contributed by atoms with Gasteiger partial charge in [0.15, 0.2) is 6.10 Å². The zero-order chi connectivity index (χ0) is 19.7. The quantitative estimate of drug-likeness (QED) is 0.889. The van der Waals surface area contributed by atoms with Crippen LogP contribution in [0, 0.1) is 0 Å². The molecule has 0 bridgehead atoms. The highest BCUT2D eigenvalue weighted by Gasteiger charge is 2.33. The number of para-hydroxylation sites is 4. The van der Waals surface area contributed by atoms with Gasteiger partial charge in [0.2, 0.25) is 11.8 Å². The second kappa shape index (κ2) is 7.34. The lowest BCUT2D eigenvalue weighted by Gasteiger charge is -2.33. The summed E-state index contributed by atoms with van der Waals surface area (Å²) in [5.41, 5.74) is 1.89. The molecule has 1 atom stereocenters. The lowest BCUT2D eigenvalue weighted by molar-refractivity contribution is -0.123. The van der Waals surface area contributed by atoms with Gasteiger partial charge in [0, 0.05) is 19.9 Å². The first-order valence-corrected chi connectivity index (χ1v) is 9.28. The van der Waals surface area contributed by atoms with Crippen molar-refractivity contribution in [1.29, 1.82) is 0 Å². The van der Waals surface area contributed by atoms with Crippen LogP contribution >= 0.6 is 0 Å². The van der Waals surface area contributed by atoms with Crippen LogP contribution in [0.25, 0.3) is 0 Å². The predicted octanol–water partition coefficient (Wildman–Crippen LogP) is 2.57. The summed E-state index contributed by atoms with van der Waals surface area (Å²) in [6.45, 7) is 2.23. The van der Waals surface area contributed by atoms with Crippen LogP contribution in [0.3, 0.4) is 0 Å². The van der Waals surface area contributed by atoms with Crippen molar-refractivity contribution in [2.75, 3.05) is 28.2 Å². The van der Waals surface area contributed by atoms with Gasteiger partial charge in [0.05, 0.1) is 23.6 Å². The summed E-state index contributed by atoms with van der Waals surface area (Å²) in [5.74, 6) is 0.0239. The first-order chi connectivity index (χ1) is 13.5. The van der Waals surface area contributed by atoms with Crippen LogP contribution in [0.15, 0.2) is 48.5 Å². The molecular formula is C21H21N3O4. The number of benzene rings is 2. The highest BCUT2D eigenvalue weighted by molar-refractivity contribution is 6.04. The summed E-state index contributed by atoms with van der Waals surface area (Å²) >= 11 is 0. The third-order valence-electron chi connectivity index (χ3n) is 4.97. The molecule has 1 fully saturated rings. The summed E-state index contributed by atoms with van der Waals surface area (Å²) in [5, 5.41) is 2.87. The maximum Gasteiger partial charge on any atom is 0.267 e. The van der Waals surface area contributed by atoms with Crippen molar-refractivity contribution in [2.24, 2.45) is 0 Å². The Kier molecular flexibility index (Phi) is 4.73. The van der Waals surface area contributed by atoms with Gasteiger partial charge in [-0.2, -0.15) is 0 Å². The first-order valence-electron chi connectivity index (χ1n) is 9.28. The number of anilines is 3. The molecule has 28 heavy (non-hydrogen) atoms. The molecule has 1 N–H and O–H groups in total. The third-order valence-corrected chi connectivity index (χ3v) is 4.97. The summed E-state index contributed by atoms with van der Waals surface area (Å²) in [7, 11) is 0. The van der Waals surface area contributed by atoms with E-state index in [-0.39, 0.29) is 24.3 Å². The average Bonchev–Trinajstić information content (AvgIpc) is 3.13. The molecule has 2 aliphatic rings. The van der Waals surface area contributed by atoms with Crippen LogP contribution in [-0.4, -0.2) is 36.9 Å². The zero-order valence-corrected chi connectivity index (χ0v) is 15.6. The molecule has 0 saturated carbocycles. The highest BCUT2D eigenvalue weighted by Crippen LogP contribution is 2.34. The van der Waals surface area contributed by atoms with Gasteiger partial charge in [0.25, 0.3) is 5.91 Å². The van der Waals surface area contributed by atoms with Crippen LogP contribution in [0.2, 0.25) is 0 Å². The van der Waals surface area contributed by atoms with E-state index in [0.29, 0.717) is 35.8 Å². The van der Waals surface area contributed by atoms with E-state index in [1.54, 1.807) is 40.1 Å². The molecule has 144 valence electrons. The number of amides is 3. The number of carbonyl (C=O) groups is 3. The smallest absolute Gasteiger partial charge is 0.267 e. The maximum absolute atomic E-state index is 12.9. The van der Waals surface area contributed by atoms with Crippen molar-refractivity contribution < 1.29 is 19.1 Å². The Bertz CT molecular complexity index is 943. The van der Waals surface area contributed by atoms with Gasteiger partial charge < -0.3 is 19.9 Å². The minimum absolute atomic E-state index is 0.0484. The topological polar surface area (TPSA) is 79.0 Å². The number of ether oxygens (including phenoxy) is 1. The molecule has 2 heterocycles. The molecule has 0 spiro atoms. The molecule has 3 amide bonds. The van der Waals surface area contributed by atoms with Crippen molar-refractivity contribution >= 4 is 34.8 Å². The molecule has 2 aliphatic heterocycles. The van der Waals surface area contributed by atoms with Crippen molar-refractivity contribution in [3.8, 4) is 5.75 Å². The number of fused-ring (bicyclic) bond motifs is 1. The van der Waals surface area contributed by atoms with E-state index < -0.39 is 6.10 Å². The molecule has 0 aromatic heterocycles. The number of nitrogens with zero attached hydrogens (tertiary/aromatic N) is 2. The summed E-state index contributed by atoms with van der Waals surface area (Å²) in [6, 6.07) is 14.4. The number of rotatable bonds is 3. The average molecular weight is 379 g/mol. The van der Waals surface area contributed by atoms with Gasteiger partial charge in [-0.15, -0.1) is 0 Å². The van der Waals surface area contributed by atoms with Crippen LogP contribution in [0.5, 0.6) is 5.75 Å². The first kappa shape index (κ1) is 18.0. The van der Waals surface area contributed by atoms with Crippen molar-refractivity contribution in [1.82, 2.24) is 0 Å². The van der Waals surface area contributed by atoms with Gasteiger partial charge in [-0.3, -0.25) is 14.4 Å². The number of hydrogen-bond acceptors (Lipinski definition) is 4. The molecule has 2 aromatic carbocycles. The standard InChI is InChI=1S/C21H21N3O4/c1-14(25)24-13-19(28-18-10-5-4-9-17(18)24)21(27)22-15-7-2-3-8-16(15)23-12-6-11-20(23)26/h2-5,7-10,19H,6,11-13H2,1H3,(H,22,27)/t19-/m0/s1. The fourth-order valence-corrected chi connectivity index (χ4v) is 3.60. The Balaban J connectivity index is 1.57. The largest absolute Gasteiger partial charge is 0.476 e. The number of hydrogen-bond donors (Lipinski definition) is 1. The second-order valence-electron chi connectivity index (χ2n) is 6.86. The SMILES string of the molecule is CC(=O)N1C[C@@H](C(=O)Nc2ccccc2N2CCCC2=O)Oc2ccccc21. The van der Waals surface area contributed by atoms with E-state index in [2.05, 4.69) is 5.32 Å². The van der Waals surface area contributed by atoms with Crippen LogP contribution in [0.1, 0.15) is 19.8 Å².